The van der Waals surface area contributed by atoms with Gasteiger partial charge in [0.1, 0.15) is 0 Å². The summed E-state index contributed by atoms with van der Waals surface area (Å²) in [6.45, 7) is 1.43. The number of carboxylic acid groups (broad SMARTS) is 1. The number of halogens is 1. The van der Waals surface area contributed by atoms with Gasteiger partial charge >= 0.3 is 18.9 Å². The quantitative estimate of drug-likeness (QED) is 0.329. The van der Waals surface area contributed by atoms with Crippen LogP contribution in [0.1, 0.15) is 19.0 Å². The van der Waals surface area contributed by atoms with Crippen LogP contribution in [0.25, 0.3) is 0 Å². The van der Waals surface area contributed by atoms with E-state index < -0.39 is 11.6 Å². The van der Waals surface area contributed by atoms with Crippen LogP contribution >= 0.6 is 11.8 Å². The van der Waals surface area contributed by atoms with Crippen molar-refractivity contribution in [2.45, 2.75) is 24.2 Å². The number of alkyl halides is 1. The smallest absolute Gasteiger partial charge is 0.546 e. The summed E-state index contributed by atoms with van der Waals surface area (Å²) in [7, 11) is 0. The van der Waals surface area contributed by atoms with Crippen LogP contribution in [-0.4, -0.2) is 22.2 Å². The fraction of sp³-hybridized carbons (Fsp3) is 0.444. The van der Waals surface area contributed by atoms with E-state index in [1.165, 1.54) is 30.9 Å². The fourth-order valence-electron chi connectivity index (χ4n) is 1.09. The Morgan fingerprint density at radius 2 is 2.31 bits per heavy atom. The van der Waals surface area contributed by atoms with Gasteiger partial charge < -0.3 is 9.90 Å². The van der Waals surface area contributed by atoms with Crippen LogP contribution in [0.4, 0.5) is 4.39 Å². The molecule has 1 rings (SSSR count). The first-order valence-corrected chi connectivity index (χ1v) is 5.55. The summed E-state index contributed by atoms with van der Waals surface area (Å²) in [5, 5.41) is 11.0. The number of carbonyl (C=O) groups is 1. The summed E-state index contributed by atoms with van der Waals surface area (Å²) in [6.07, 6.45) is 2.84. The van der Waals surface area contributed by atoms with Crippen molar-refractivity contribution >= 4 is 17.7 Å². The van der Waals surface area contributed by atoms with Gasteiger partial charge in [-0.25, -0.2) is 14.4 Å². The van der Waals surface area contributed by atoms with E-state index in [0.717, 1.165) is 0 Å². The van der Waals surface area contributed by atoms with Gasteiger partial charge in [-0.2, -0.15) is 0 Å². The number of hydrogen-bond donors (Lipinski definition) is 0. The first-order valence-electron chi connectivity index (χ1n) is 4.32. The van der Waals surface area contributed by atoms with Gasteiger partial charge in [-0.15, -0.1) is 0 Å². The van der Waals surface area contributed by atoms with Gasteiger partial charge in [-0.1, -0.05) is 18.7 Å². The van der Waals surface area contributed by atoms with Crippen LogP contribution < -0.4 is 24.0 Å². The molecule has 0 aliphatic rings. The van der Waals surface area contributed by atoms with Gasteiger partial charge in [0.15, 0.2) is 10.8 Å². The van der Waals surface area contributed by atoms with Gasteiger partial charge in [0, 0.05) is 6.20 Å². The predicted octanol–water partition coefficient (Wildman–Crippen LogP) is -2.47. The summed E-state index contributed by atoms with van der Waals surface area (Å²) in [5.74, 6) is -1.77. The molecule has 0 aromatic carbocycles. The zero-order valence-electron chi connectivity index (χ0n) is 9.36. The molecule has 0 N–H and O–H groups in total. The van der Waals surface area contributed by atoms with E-state index in [2.05, 4.69) is 9.97 Å². The number of carboxylic acids is 1. The van der Waals surface area contributed by atoms with Crippen LogP contribution in [0.5, 0.6) is 0 Å². The Kier molecular flexibility index (Phi) is 6.01. The summed E-state index contributed by atoms with van der Waals surface area (Å²) in [5.41, 5.74) is -2.70. The van der Waals surface area contributed by atoms with Crippen molar-refractivity contribution in [3.05, 3.63) is 18.0 Å². The SMILES string of the molecule is CCC(F)(C(=O)[O-])c1ccnc(SC)n1.[Li+]. The number of hydrogen-bond acceptors (Lipinski definition) is 5. The zero-order chi connectivity index (χ0) is 11.5. The van der Waals surface area contributed by atoms with E-state index >= 15 is 0 Å². The van der Waals surface area contributed by atoms with Crippen molar-refractivity contribution in [2.24, 2.45) is 0 Å². The Morgan fingerprint density at radius 1 is 1.69 bits per heavy atom. The Hall–Kier alpha value is -0.573. The van der Waals surface area contributed by atoms with Gasteiger partial charge in [-0.3, -0.25) is 0 Å². The standard InChI is InChI=1S/C9H11FN2O2S.Li/c1-3-9(10,7(13)14)6-4-5-11-8(12-6)15-2;/h4-5H,3H2,1-2H3,(H,13,14);/q;+1/p-1. The predicted molar refractivity (Wildman–Crippen MR) is 51.9 cm³/mol. The number of aromatic nitrogens is 2. The minimum atomic E-state index is -2.53. The van der Waals surface area contributed by atoms with Gasteiger partial charge in [-0.05, 0) is 18.7 Å². The Labute approximate surface area is 109 Å². The molecule has 0 saturated heterocycles. The number of carbonyl (C=O) groups excluding carboxylic acids is 1. The molecule has 4 nitrogen and oxygen atoms in total. The molecule has 82 valence electrons. The van der Waals surface area contributed by atoms with E-state index in [1.807, 2.05) is 0 Å². The molecule has 1 unspecified atom stereocenters. The second-order valence-corrected chi connectivity index (χ2v) is 3.64. The maximum absolute atomic E-state index is 13.9. The van der Waals surface area contributed by atoms with E-state index in [0.29, 0.717) is 5.16 Å². The number of nitrogens with zero attached hydrogens (tertiary/aromatic N) is 2. The number of aliphatic carboxylic acids is 1. The minimum Gasteiger partial charge on any atom is -0.546 e. The first kappa shape index (κ1) is 15.4. The second-order valence-electron chi connectivity index (χ2n) is 2.87. The van der Waals surface area contributed by atoms with Crippen molar-refractivity contribution in [1.82, 2.24) is 9.97 Å². The monoisotopic (exact) mass is 236 g/mol. The molecule has 0 saturated carbocycles. The van der Waals surface area contributed by atoms with Crippen LogP contribution in [0.2, 0.25) is 0 Å². The molecule has 0 bridgehead atoms. The number of thioether (sulfide) groups is 1. The molecule has 16 heavy (non-hydrogen) atoms. The molecule has 1 aromatic rings. The molecule has 0 spiro atoms. The van der Waals surface area contributed by atoms with Gasteiger partial charge in [0.25, 0.3) is 0 Å². The number of rotatable bonds is 4. The molecular weight excluding hydrogens is 226 g/mol. The third kappa shape index (κ3) is 2.97. The average Bonchev–Trinajstić information content (AvgIpc) is 2.27. The summed E-state index contributed by atoms with van der Waals surface area (Å²) in [6, 6.07) is 1.25. The zero-order valence-corrected chi connectivity index (χ0v) is 10.2. The topological polar surface area (TPSA) is 65.9 Å². The van der Waals surface area contributed by atoms with Crippen molar-refractivity contribution in [2.75, 3.05) is 6.26 Å². The molecule has 0 aliphatic carbocycles. The molecule has 1 heterocycles. The Bertz CT molecular complexity index is 380. The fourth-order valence-corrected chi connectivity index (χ4v) is 1.45. The van der Waals surface area contributed by atoms with Crippen molar-refractivity contribution in [3.8, 4) is 0 Å². The van der Waals surface area contributed by atoms with Crippen molar-refractivity contribution in [1.29, 1.82) is 0 Å². The molecule has 1 atom stereocenters. The Balaban J connectivity index is 0.00000225. The molecule has 0 amide bonds. The third-order valence-electron chi connectivity index (χ3n) is 2.03. The summed E-state index contributed by atoms with van der Waals surface area (Å²) < 4.78 is 13.9. The maximum atomic E-state index is 13.9. The minimum absolute atomic E-state index is 0. The maximum Gasteiger partial charge on any atom is 1.00 e. The molecule has 1 aromatic heterocycles. The van der Waals surface area contributed by atoms with E-state index in [4.69, 9.17) is 0 Å². The van der Waals surface area contributed by atoms with Crippen molar-refractivity contribution in [3.63, 3.8) is 0 Å². The second kappa shape index (κ2) is 6.23. The van der Waals surface area contributed by atoms with Crippen LogP contribution in [0.15, 0.2) is 17.4 Å². The third-order valence-corrected chi connectivity index (χ3v) is 2.59. The normalized spacial score (nSPS) is 13.7. The summed E-state index contributed by atoms with van der Waals surface area (Å²) >= 11 is 1.22. The van der Waals surface area contributed by atoms with Crippen LogP contribution in [0.3, 0.4) is 0 Å². The van der Waals surface area contributed by atoms with Gasteiger partial charge in [0.05, 0.1) is 11.7 Å². The molecule has 0 aliphatic heterocycles. The van der Waals surface area contributed by atoms with Crippen molar-refractivity contribution < 1.29 is 33.2 Å². The first-order chi connectivity index (χ1) is 7.04. The average molecular weight is 236 g/mol. The van der Waals surface area contributed by atoms with E-state index in [9.17, 15) is 14.3 Å². The summed E-state index contributed by atoms with van der Waals surface area (Å²) in [4.78, 5) is 18.3. The van der Waals surface area contributed by atoms with E-state index in [-0.39, 0.29) is 31.0 Å². The molecular formula is C9H10FLiN2O2S. The largest absolute Gasteiger partial charge is 1.00 e. The molecule has 0 radical (unpaired) electrons. The Morgan fingerprint density at radius 3 is 2.75 bits per heavy atom. The van der Waals surface area contributed by atoms with E-state index in [1.54, 1.807) is 6.26 Å². The van der Waals surface area contributed by atoms with Crippen LogP contribution in [-0.2, 0) is 10.5 Å². The molecule has 7 heteroatoms. The molecule has 0 fully saturated rings. The van der Waals surface area contributed by atoms with Crippen LogP contribution in [0, 0.1) is 0 Å². The van der Waals surface area contributed by atoms with Gasteiger partial charge in [0.2, 0.25) is 0 Å².